The lowest BCUT2D eigenvalue weighted by molar-refractivity contribution is -0.130. The van der Waals surface area contributed by atoms with Gasteiger partial charge in [-0.15, -0.1) is 10.2 Å². The van der Waals surface area contributed by atoms with E-state index in [1.54, 1.807) is 18.0 Å². The predicted molar refractivity (Wildman–Crippen MR) is 106 cm³/mol. The molecule has 29 heavy (non-hydrogen) atoms. The second-order valence-corrected chi connectivity index (χ2v) is 7.38. The Bertz CT molecular complexity index is 1050. The summed E-state index contributed by atoms with van der Waals surface area (Å²) in [6.07, 6.45) is 2.02. The van der Waals surface area contributed by atoms with E-state index in [9.17, 15) is 4.79 Å². The molecule has 2 atom stereocenters. The summed E-state index contributed by atoms with van der Waals surface area (Å²) < 4.78 is 12.9. The first-order valence-corrected chi connectivity index (χ1v) is 9.62. The van der Waals surface area contributed by atoms with Crippen molar-refractivity contribution in [3.05, 3.63) is 36.7 Å². The van der Waals surface area contributed by atoms with Crippen LogP contribution in [0.4, 0.5) is 5.69 Å². The number of carbonyl (C=O) groups is 1. The fourth-order valence-corrected chi connectivity index (χ4v) is 4.09. The largest absolute Gasteiger partial charge is 0.497 e. The third-order valence-corrected chi connectivity index (χ3v) is 5.75. The van der Waals surface area contributed by atoms with Gasteiger partial charge in [-0.3, -0.25) is 4.79 Å². The molecule has 2 aliphatic heterocycles. The standard InChI is InChI=1S/C20H22N6O3/c1-24-17-10-25(11-18(17)29-8-7-19(24)27)16-9-15(23-26-12-21-22-20(16)26)13-3-5-14(28-2)6-4-13/h3-6,9,12,17-18H,7-8,10-11H2,1-2H3/t17-,18-/m0/s1. The molecule has 0 spiro atoms. The number of nitrogens with zero attached hydrogens (tertiary/aromatic N) is 6. The molecule has 3 aromatic rings. The summed E-state index contributed by atoms with van der Waals surface area (Å²) in [6.45, 7) is 1.84. The maximum atomic E-state index is 12.2. The molecule has 2 aliphatic rings. The summed E-state index contributed by atoms with van der Waals surface area (Å²) in [5.41, 5.74) is 3.40. The third-order valence-electron chi connectivity index (χ3n) is 5.75. The minimum absolute atomic E-state index is 0.0190. The summed E-state index contributed by atoms with van der Waals surface area (Å²) in [7, 11) is 3.51. The van der Waals surface area contributed by atoms with Crippen LogP contribution >= 0.6 is 0 Å². The van der Waals surface area contributed by atoms with Crippen molar-refractivity contribution in [3.63, 3.8) is 0 Å². The van der Waals surface area contributed by atoms with Crippen LogP contribution in [0.2, 0.25) is 0 Å². The quantitative estimate of drug-likeness (QED) is 0.661. The Morgan fingerprint density at radius 1 is 1.21 bits per heavy atom. The fourth-order valence-electron chi connectivity index (χ4n) is 4.09. The van der Waals surface area contributed by atoms with Crippen molar-refractivity contribution in [2.75, 3.05) is 38.8 Å². The van der Waals surface area contributed by atoms with Crippen LogP contribution in [0.25, 0.3) is 16.9 Å². The van der Waals surface area contributed by atoms with Crippen molar-refractivity contribution < 1.29 is 14.3 Å². The maximum absolute atomic E-state index is 12.2. The number of hydrogen-bond donors (Lipinski definition) is 0. The Labute approximate surface area is 167 Å². The Morgan fingerprint density at radius 3 is 2.83 bits per heavy atom. The second-order valence-electron chi connectivity index (χ2n) is 7.38. The van der Waals surface area contributed by atoms with E-state index in [2.05, 4.69) is 20.2 Å². The molecule has 0 N–H and O–H groups in total. The van der Waals surface area contributed by atoms with Crippen LogP contribution in [0.5, 0.6) is 5.75 Å². The van der Waals surface area contributed by atoms with Crippen LogP contribution < -0.4 is 9.64 Å². The molecule has 2 fully saturated rings. The molecule has 4 heterocycles. The van der Waals surface area contributed by atoms with Crippen molar-refractivity contribution in [1.29, 1.82) is 0 Å². The van der Waals surface area contributed by atoms with Gasteiger partial charge in [0.15, 0.2) is 0 Å². The van der Waals surface area contributed by atoms with Crippen molar-refractivity contribution in [1.82, 2.24) is 24.7 Å². The molecule has 0 bridgehead atoms. The molecule has 2 saturated heterocycles. The number of carbonyl (C=O) groups excluding carboxylic acids is 1. The maximum Gasteiger partial charge on any atom is 0.225 e. The molecule has 9 heteroatoms. The van der Waals surface area contributed by atoms with Gasteiger partial charge in [-0.05, 0) is 30.3 Å². The third kappa shape index (κ3) is 3.07. The van der Waals surface area contributed by atoms with Gasteiger partial charge in [0.05, 0.1) is 43.7 Å². The second kappa shape index (κ2) is 7.00. The van der Waals surface area contributed by atoms with Gasteiger partial charge in [-0.1, -0.05) is 0 Å². The van der Waals surface area contributed by atoms with E-state index in [4.69, 9.17) is 9.47 Å². The lowest BCUT2D eigenvalue weighted by Crippen LogP contribution is -2.42. The Hall–Kier alpha value is -3.20. The smallest absolute Gasteiger partial charge is 0.225 e. The van der Waals surface area contributed by atoms with E-state index < -0.39 is 0 Å². The van der Waals surface area contributed by atoms with E-state index in [1.807, 2.05) is 42.3 Å². The van der Waals surface area contributed by atoms with Gasteiger partial charge in [0, 0.05) is 25.7 Å². The number of methoxy groups -OCH3 is 1. The molecule has 0 saturated carbocycles. The number of anilines is 1. The summed E-state index contributed by atoms with van der Waals surface area (Å²) in [4.78, 5) is 16.3. The highest BCUT2D eigenvalue weighted by molar-refractivity contribution is 5.78. The van der Waals surface area contributed by atoms with E-state index in [0.717, 1.165) is 22.7 Å². The molecular weight excluding hydrogens is 372 g/mol. The van der Waals surface area contributed by atoms with Gasteiger partial charge in [-0.2, -0.15) is 9.61 Å². The van der Waals surface area contributed by atoms with E-state index >= 15 is 0 Å². The summed E-state index contributed by atoms with van der Waals surface area (Å²) in [5, 5.41) is 13.0. The van der Waals surface area contributed by atoms with Crippen molar-refractivity contribution >= 4 is 17.2 Å². The van der Waals surface area contributed by atoms with Crippen molar-refractivity contribution in [2.24, 2.45) is 0 Å². The van der Waals surface area contributed by atoms with Crippen molar-refractivity contribution in [3.8, 4) is 17.0 Å². The first-order valence-electron chi connectivity index (χ1n) is 9.62. The van der Waals surface area contributed by atoms with Gasteiger partial charge in [0.1, 0.15) is 12.1 Å². The highest BCUT2D eigenvalue weighted by Gasteiger charge is 2.40. The Kier molecular flexibility index (Phi) is 4.31. The Balaban J connectivity index is 1.53. The van der Waals surface area contributed by atoms with E-state index in [1.165, 1.54) is 0 Å². The number of benzene rings is 1. The number of fused-ring (bicyclic) bond motifs is 2. The minimum Gasteiger partial charge on any atom is -0.497 e. The first kappa shape index (κ1) is 17.9. The number of likely N-dealkylation sites (N-methyl/N-ethyl adjacent to an activating group) is 1. The lowest BCUT2D eigenvalue weighted by Gasteiger charge is -2.25. The van der Waals surface area contributed by atoms with Crippen molar-refractivity contribution in [2.45, 2.75) is 18.6 Å². The van der Waals surface area contributed by atoms with E-state index in [0.29, 0.717) is 31.8 Å². The normalized spacial score (nSPS) is 22.1. The molecular formula is C20H22N6O3. The van der Waals surface area contributed by atoms with Crippen LogP contribution in [-0.2, 0) is 9.53 Å². The van der Waals surface area contributed by atoms with E-state index in [-0.39, 0.29) is 18.1 Å². The monoisotopic (exact) mass is 394 g/mol. The fraction of sp³-hybridized carbons (Fsp3) is 0.400. The molecule has 9 nitrogen and oxygen atoms in total. The zero-order chi connectivity index (χ0) is 20.0. The molecule has 2 aromatic heterocycles. The van der Waals surface area contributed by atoms with Gasteiger partial charge >= 0.3 is 0 Å². The molecule has 150 valence electrons. The SMILES string of the molecule is COc1ccc(-c2cc(N3C[C@@H]4OCCC(=O)N(C)[C@H]4C3)c3nncn3n2)cc1. The molecule has 1 amide bonds. The van der Waals surface area contributed by atoms with Gasteiger partial charge in [0.25, 0.3) is 0 Å². The first-order chi connectivity index (χ1) is 14.1. The number of aromatic nitrogens is 4. The average molecular weight is 394 g/mol. The van der Waals surface area contributed by atoms with Crippen LogP contribution in [0, 0.1) is 0 Å². The number of amides is 1. The summed E-state index contributed by atoms with van der Waals surface area (Å²) in [6, 6.07) is 9.82. The number of hydrogen-bond acceptors (Lipinski definition) is 7. The summed E-state index contributed by atoms with van der Waals surface area (Å²) >= 11 is 0. The number of ether oxygens (including phenoxy) is 2. The molecule has 0 aliphatic carbocycles. The van der Waals surface area contributed by atoms with Crippen LogP contribution in [0.3, 0.4) is 0 Å². The topological polar surface area (TPSA) is 85.1 Å². The minimum atomic E-state index is -0.0213. The predicted octanol–water partition coefficient (Wildman–Crippen LogP) is 1.24. The molecule has 1 aromatic carbocycles. The zero-order valence-corrected chi connectivity index (χ0v) is 16.4. The average Bonchev–Trinajstić information content (AvgIpc) is 3.37. The number of rotatable bonds is 3. The molecule has 5 rings (SSSR count). The highest BCUT2D eigenvalue weighted by Crippen LogP contribution is 2.32. The van der Waals surface area contributed by atoms with Gasteiger partial charge in [-0.25, -0.2) is 0 Å². The van der Waals surface area contributed by atoms with Crippen LogP contribution in [-0.4, -0.2) is 76.6 Å². The lowest BCUT2D eigenvalue weighted by atomic mass is 10.1. The zero-order valence-electron chi connectivity index (χ0n) is 16.4. The highest BCUT2D eigenvalue weighted by atomic mass is 16.5. The molecule has 0 radical (unpaired) electrons. The Morgan fingerprint density at radius 2 is 2.03 bits per heavy atom. The van der Waals surface area contributed by atoms with Gasteiger partial charge in [0.2, 0.25) is 11.6 Å². The molecule has 0 unspecified atom stereocenters. The summed E-state index contributed by atoms with van der Waals surface area (Å²) in [5.74, 6) is 0.921. The van der Waals surface area contributed by atoms with Gasteiger partial charge < -0.3 is 19.3 Å². The van der Waals surface area contributed by atoms with Crippen LogP contribution in [0.1, 0.15) is 6.42 Å². The van der Waals surface area contributed by atoms with Crippen LogP contribution in [0.15, 0.2) is 36.7 Å².